The van der Waals surface area contributed by atoms with E-state index in [9.17, 15) is 9.18 Å². The van der Waals surface area contributed by atoms with Gasteiger partial charge in [-0.25, -0.2) is 14.4 Å². The minimum atomic E-state index is -1.77. The first-order valence-electron chi connectivity index (χ1n) is 12.9. The van der Waals surface area contributed by atoms with Crippen molar-refractivity contribution in [1.82, 2.24) is 30.2 Å². The van der Waals surface area contributed by atoms with Crippen molar-refractivity contribution in [2.24, 2.45) is 5.92 Å². The Bertz CT molecular complexity index is 1210. The van der Waals surface area contributed by atoms with Crippen molar-refractivity contribution in [3.63, 3.8) is 0 Å². The predicted octanol–water partition coefficient (Wildman–Crippen LogP) is 3.37. The lowest BCUT2D eigenvalue weighted by Gasteiger charge is -2.36. The highest BCUT2D eigenvalue weighted by atomic mass is 19.1. The number of rotatable bonds is 11. The van der Waals surface area contributed by atoms with Crippen LogP contribution in [0.25, 0.3) is 22.6 Å². The summed E-state index contributed by atoms with van der Waals surface area (Å²) in [5, 5.41) is 2.94. The number of hydrogen-bond donors (Lipinski definition) is 2. The Balaban J connectivity index is 1.76. The summed E-state index contributed by atoms with van der Waals surface area (Å²) in [7, 11) is 3.95. The fraction of sp³-hybridized carbons (Fsp3) is 0.481. The minimum absolute atomic E-state index is 0.107. The number of halogens is 1. The normalized spacial score (nSPS) is 19.5. The molecule has 1 aliphatic heterocycles. The lowest BCUT2D eigenvalue weighted by Crippen LogP contribution is -2.53. The summed E-state index contributed by atoms with van der Waals surface area (Å²) in [6.07, 6.45) is 3.16. The summed E-state index contributed by atoms with van der Waals surface area (Å²) < 4.78 is 31.5. The number of imidazole rings is 1. The molecule has 3 heterocycles. The van der Waals surface area contributed by atoms with Crippen LogP contribution in [0.4, 0.5) is 4.39 Å². The maximum Gasteiger partial charge on any atom is 0.316 e. The van der Waals surface area contributed by atoms with Gasteiger partial charge in [0.1, 0.15) is 5.82 Å². The van der Waals surface area contributed by atoms with E-state index in [1.165, 1.54) is 12.1 Å². The Kier molecular flexibility index (Phi) is 9.03. The molecule has 10 nitrogen and oxygen atoms in total. The summed E-state index contributed by atoms with van der Waals surface area (Å²) in [4.78, 5) is 32.3. The van der Waals surface area contributed by atoms with Crippen molar-refractivity contribution in [3.8, 4) is 28.7 Å². The smallest absolute Gasteiger partial charge is 0.316 e. The van der Waals surface area contributed by atoms with Crippen LogP contribution in [0.5, 0.6) is 6.01 Å². The molecular formula is C27H35FN6O4. The lowest BCUT2D eigenvalue weighted by atomic mass is 10.1. The molecule has 1 fully saturated rings. The van der Waals surface area contributed by atoms with Crippen molar-refractivity contribution in [3.05, 3.63) is 48.2 Å². The SMILES string of the molecule is CCCOc1nccc(-c2[nH]c(C3(C(=O)NCCCN(C)C)OCC(C)CO3)nc2-c2ccc(F)cc2)n1. The number of nitrogens with zero attached hydrogens (tertiary/aromatic N) is 4. The Morgan fingerprint density at radius 1 is 1.21 bits per heavy atom. The zero-order valence-corrected chi connectivity index (χ0v) is 22.3. The van der Waals surface area contributed by atoms with Crippen LogP contribution in [0.1, 0.15) is 32.5 Å². The fourth-order valence-corrected chi connectivity index (χ4v) is 3.97. The molecule has 2 N–H and O–H groups in total. The van der Waals surface area contributed by atoms with Crippen molar-refractivity contribution in [2.45, 2.75) is 32.5 Å². The Labute approximate surface area is 221 Å². The lowest BCUT2D eigenvalue weighted by molar-refractivity contribution is -0.277. The van der Waals surface area contributed by atoms with Crippen LogP contribution in [-0.4, -0.2) is 77.7 Å². The van der Waals surface area contributed by atoms with Gasteiger partial charge in [-0.1, -0.05) is 13.8 Å². The molecule has 0 radical (unpaired) electrons. The van der Waals surface area contributed by atoms with E-state index in [0.717, 1.165) is 19.4 Å². The number of carbonyl (C=O) groups is 1. The summed E-state index contributed by atoms with van der Waals surface area (Å²) in [5.74, 6) is -2.30. The van der Waals surface area contributed by atoms with E-state index in [2.05, 4.69) is 20.3 Å². The van der Waals surface area contributed by atoms with Gasteiger partial charge in [-0.3, -0.25) is 4.79 Å². The molecule has 0 spiro atoms. The highest BCUT2D eigenvalue weighted by molar-refractivity contribution is 5.85. The third-order valence-corrected chi connectivity index (χ3v) is 5.97. The van der Waals surface area contributed by atoms with Crippen LogP contribution in [0.3, 0.4) is 0 Å². The molecule has 204 valence electrons. The van der Waals surface area contributed by atoms with Crippen LogP contribution in [-0.2, 0) is 20.1 Å². The zero-order chi connectivity index (χ0) is 27.1. The first kappa shape index (κ1) is 27.6. The van der Waals surface area contributed by atoms with Gasteiger partial charge in [-0.05, 0) is 63.8 Å². The summed E-state index contributed by atoms with van der Waals surface area (Å²) in [6, 6.07) is 7.87. The van der Waals surface area contributed by atoms with E-state index >= 15 is 0 Å². The van der Waals surface area contributed by atoms with Gasteiger partial charge < -0.3 is 29.4 Å². The van der Waals surface area contributed by atoms with Crippen molar-refractivity contribution >= 4 is 5.91 Å². The highest BCUT2D eigenvalue weighted by Crippen LogP contribution is 2.37. The van der Waals surface area contributed by atoms with Crippen molar-refractivity contribution in [1.29, 1.82) is 0 Å². The Hall–Kier alpha value is -3.41. The van der Waals surface area contributed by atoms with Gasteiger partial charge in [0, 0.05) is 24.2 Å². The average molecular weight is 527 g/mol. The second-order valence-electron chi connectivity index (χ2n) is 9.65. The number of nitrogens with one attached hydrogen (secondary N) is 2. The molecule has 0 atom stereocenters. The number of benzene rings is 1. The standard InChI is InChI=1S/C27H35FN6O4/c1-5-15-36-26-30-13-11-21(31-26)23-22(19-7-9-20(28)10-8-19)32-24(33-23)27(37-16-18(2)17-38-27)25(35)29-12-6-14-34(3)4/h7-11,13,18H,5-6,12,14-17H2,1-4H3,(H,29,35)(H,32,33). The predicted molar refractivity (Wildman–Crippen MR) is 140 cm³/mol. The van der Waals surface area contributed by atoms with Gasteiger partial charge in [0.25, 0.3) is 5.91 Å². The van der Waals surface area contributed by atoms with Gasteiger partial charge >= 0.3 is 11.8 Å². The molecule has 2 aromatic heterocycles. The number of H-pyrrole nitrogens is 1. The molecular weight excluding hydrogens is 491 g/mol. The van der Waals surface area contributed by atoms with Crippen molar-refractivity contribution in [2.75, 3.05) is 47.0 Å². The number of carbonyl (C=O) groups excluding carboxylic acids is 1. The molecule has 0 aliphatic carbocycles. The highest BCUT2D eigenvalue weighted by Gasteiger charge is 2.49. The molecule has 11 heteroatoms. The molecule has 4 rings (SSSR count). The molecule has 0 bridgehead atoms. The molecule has 38 heavy (non-hydrogen) atoms. The number of aromatic nitrogens is 4. The first-order chi connectivity index (χ1) is 18.3. The Morgan fingerprint density at radius 2 is 1.95 bits per heavy atom. The van der Waals surface area contributed by atoms with Crippen LogP contribution < -0.4 is 10.1 Å². The fourth-order valence-electron chi connectivity index (χ4n) is 3.97. The van der Waals surface area contributed by atoms with Gasteiger partial charge in [-0.2, -0.15) is 4.98 Å². The van der Waals surface area contributed by atoms with E-state index < -0.39 is 11.7 Å². The van der Waals surface area contributed by atoms with Gasteiger partial charge in [-0.15, -0.1) is 0 Å². The average Bonchev–Trinajstić information content (AvgIpc) is 3.37. The van der Waals surface area contributed by atoms with Crippen LogP contribution in [0.2, 0.25) is 0 Å². The maximum atomic E-state index is 13.7. The number of amides is 1. The molecule has 1 amide bonds. The van der Waals surface area contributed by atoms with E-state index in [-0.39, 0.29) is 23.6 Å². The zero-order valence-electron chi connectivity index (χ0n) is 22.3. The third kappa shape index (κ3) is 6.35. The topological polar surface area (TPSA) is 114 Å². The second-order valence-corrected chi connectivity index (χ2v) is 9.65. The van der Waals surface area contributed by atoms with Gasteiger partial charge in [0.15, 0.2) is 5.82 Å². The van der Waals surface area contributed by atoms with E-state index in [4.69, 9.17) is 19.2 Å². The van der Waals surface area contributed by atoms with Crippen LogP contribution >= 0.6 is 0 Å². The van der Waals surface area contributed by atoms with Crippen LogP contribution in [0, 0.1) is 11.7 Å². The maximum absolute atomic E-state index is 13.7. The van der Waals surface area contributed by atoms with E-state index in [1.54, 1.807) is 24.4 Å². The third-order valence-electron chi connectivity index (χ3n) is 5.97. The number of aromatic amines is 1. The van der Waals surface area contributed by atoms with E-state index in [0.29, 0.717) is 49.0 Å². The molecule has 0 unspecified atom stereocenters. The summed E-state index contributed by atoms with van der Waals surface area (Å²) in [6.45, 7) is 6.35. The van der Waals surface area contributed by atoms with Gasteiger partial charge in [0.05, 0.1) is 36.9 Å². The first-order valence-corrected chi connectivity index (χ1v) is 12.9. The monoisotopic (exact) mass is 526 g/mol. The molecule has 1 aliphatic rings. The van der Waals surface area contributed by atoms with E-state index in [1.807, 2.05) is 32.8 Å². The molecule has 1 aromatic carbocycles. The number of ether oxygens (including phenoxy) is 3. The summed E-state index contributed by atoms with van der Waals surface area (Å²) in [5.41, 5.74) is 2.09. The van der Waals surface area contributed by atoms with Gasteiger partial charge in [0.2, 0.25) is 0 Å². The quantitative estimate of drug-likeness (QED) is 0.366. The number of hydrogen-bond acceptors (Lipinski definition) is 8. The molecule has 1 saturated heterocycles. The largest absolute Gasteiger partial charge is 0.463 e. The van der Waals surface area contributed by atoms with Crippen molar-refractivity contribution < 1.29 is 23.4 Å². The van der Waals surface area contributed by atoms with Crippen LogP contribution in [0.15, 0.2) is 36.5 Å². The molecule has 3 aromatic rings. The minimum Gasteiger partial charge on any atom is -0.463 e. The summed E-state index contributed by atoms with van der Waals surface area (Å²) >= 11 is 0. The molecule has 0 saturated carbocycles. The second kappa shape index (κ2) is 12.4. The Morgan fingerprint density at radius 3 is 2.63 bits per heavy atom.